The minimum Gasteiger partial charge on any atom is -0.468 e. The van der Waals surface area contributed by atoms with E-state index in [-0.39, 0.29) is 0 Å². The highest BCUT2D eigenvalue weighted by Gasteiger charge is 2.21. The molecule has 2 N–H and O–H groups in total. The summed E-state index contributed by atoms with van der Waals surface area (Å²) in [6, 6.07) is 3.79. The van der Waals surface area contributed by atoms with Gasteiger partial charge in [-0.3, -0.25) is 0 Å². The Morgan fingerprint density at radius 3 is 2.80 bits per heavy atom. The van der Waals surface area contributed by atoms with E-state index in [9.17, 15) is 5.11 Å². The van der Waals surface area contributed by atoms with Crippen LogP contribution in [0.4, 0.5) is 0 Å². The van der Waals surface area contributed by atoms with Crippen LogP contribution in [0.25, 0.3) is 0 Å². The van der Waals surface area contributed by atoms with Gasteiger partial charge >= 0.3 is 0 Å². The average Bonchev–Trinajstić information content (AvgIpc) is 2.53. The Morgan fingerprint density at radius 2 is 2.27 bits per heavy atom. The summed E-state index contributed by atoms with van der Waals surface area (Å²) in [6.07, 6.45) is 2.46. The van der Waals surface area contributed by atoms with Crippen molar-refractivity contribution in [2.45, 2.75) is 39.3 Å². The van der Waals surface area contributed by atoms with Crippen LogP contribution in [-0.2, 0) is 6.54 Å². The molecule has 0 aliphatic carbocycles. The Morgan fingerprint density at radius 1 is 1.53 bits per heavy atom. The summed E-state index contributed by atoms with van der Waals surface area (Å²) in [7, 11) is 0. The summed E-state index contributed by atoms with van der Waals surface area (Å²) in [4.78, 5) is 0. The molecule has 0 bridgehead atoms. The zero-order valence-electron chi connectivity index (χ0n) is 9.79. The number of hydrogen-bond acceptors (Lipinski definition) is 3. The molecule has 1 aromatic heterocycles. The fraction of sp³-hybridized carbons (Fsp3) is 0.667. The van der Waals surface area contributed by atoms with E-state index >= 15 is 0 Å². The van der Waals surface area contributed by atoms with Crippen LogP contribution in [0, 0.1) is 5.92 Å². The second kappa shape index (κ2) is 5.33. The lowest BCUT2D eigenvalue weighted by Gasteiger charge is -2.25. The summed E-state index contributed by atoms with van der Waals surface area (Å²) in [6.45, 7) is 7.34. The van der Waals surface area contributed by atoms with Crippen LogP contribution in [-0.4, -0.2) is 17.3 Å². The van der Waals surface area contributed by atoms with Gasteiger partial charge in [-0.15, -0.1) is 0 Å². The predicted molar refractivity (Wildman–Crippen MR) is 60.5 cm³/mol. The van der Waals surface area contributed by atoms with Gasteiger partial charge in [0, 0.05) is 6.54 Å². The number of hydrogen-bond donors (Lipinski definition) is 2. The maximum absolute atomic E-state index is 10.0. The molecule has 0 aromatic carbocycles. The fourth-order valence-electron chi connectivity index (χ4n) is 1.82. The van der Waals surface area contributed by atoms with Gasteiger partial charge in [-0.05, 0) is 31.4 Å². The van der Waals surface area contributed by atoms with Crippen molar-refractivity contribution >= 4 is 0 Å². The van der Waals surface area contributed by atoms with Crippen LogP contribution in [0.15, 0.2) is 22.8 Å². The van der Waals surface area contributed by atoms with E-state index in [2.05, 4.69) is 19.2 Å². The second-order valence-electron chi connectivity index (χ2n) is 4.78. The summed E-state index contributed by atoms with van der Waals surface area (Å²) in [5, 5.41) is 13.2. The lowest BCUT2D eigenvalue weighted by atomic mass is 9.94. The van der Waals surface area contributed by atoms with E-state index in [1.54, 1.807) is 6.26 Å². The van der Waals surface area contributed by atoms with Crippen molar-refractivity contribution in [3.05, 3.63) is 24.2 Å². The van der Waals surface area contributed by atoms with Crippen molar-refractivity contribution in [3.8, 4) is 0 Å². The van der Waals surface area contributed by atoms with Crippen molar-refractivity contribution < 1.29 is 9.52 Å². The van der Waals surface area contributed by atoms with Gasteiger partial charge in [0.05, 0.1) is 18.4 Å². The zero-order valence-corrected chi connectivity index (χ0v) is 9.79. The van der Waals surface area contributed by atoms with E-state index in [1.807, 2.05) is 19.1 Å². The topological polar surface area (TPSA) is 45.4 Å². The van der Waals surface area contributed by atoms with Gasteiger partial charge in [0.25, 0.3) is 0 Å². The van der Waals surface area contributed by atoms with E-state index in [0.29, 0.717) is 19.0 Å². The molecule has 86 valence electrons. The minimum atomic E-state index is -0.638. The van der Waals surface area contributed by atoms with Gasteiger partial charge < -0.3 is 14.8 Å². The Bertz CT molecular complexity index is 265. The Balaban J connectivity index is 2.24. The van der Waals surface area contributed by atoms with Gasteiger partial charge in [0.1, 0.15) is 5.76 Å². The fourth-order valence-corrected chi connectivity index (χ4v) is 1.82. The van der Waals surface area contributed by atoms with Crippen molar-refractivity contribution in [1.82, 2.24) is 5.32 Å². The van der Waals surface area contributed by atoms with Gasteiger partial charge in [-0.25, -0.2) is 0 Å². The molecule has 3 nitrogen and oxygen atoms in total. The first kappa shape index (κ1) is 12.3. The Labute approximate surface area is 91.5 Å². The number of rotatable bonds is 6. The second-order valence-corrected chi connectivity index (χ2v) is 4.78. The quantitative estimate of drug-likeness (QED) is 0.758. The molecule has 3 heteroatoms. The molecule has 1 rings (SSSR count). The third kappa shape index (κ3) is 5.00. The molecule has 1 heterocycles. The van der Waals surface area contributed by atoms with Crippen LogP contribution in [0.1, 0.15) is 33.0 Å². The van der Waals surface area contributed by atoms with Crippen molar-refractivity contribution in [2.24, 2.45) is 5.92 Å². The van der Waals surface area contributed by atoms with Crippen LogP contribution in [0.5, 0.6) is 0 Å². The minimum absolute atomic E-state index is 0.505. The van der Waals surface area contributed by atoms with Crippen LogP contribution < -0.4 is 5.32 Å². The summed E-state index contributed by atoms with van der Waals surface area (Å²) < 4.78 is 5.19. The third-order valence-corrected chi connectivity index (χ3v) is 2.23. The maximum atomic E-state index is 10.0. The van der Waals surface area contributed by atoms with Crippen molar-refractivity contribution in [2.75, 3.05) is 6.54 Å². The molecule has 0 radical (unpaired) electrons. The number of aliphatic hydroxyl groups is 1. The molecule has 0 saturated carbocycles. The van der Waals surface area contributed by atoms with E-state index in [0.717, 1.165) is 12.2 Å². The molecular weight excluding hydrogens is 190 g/mol. The molecule has 1 aromatic rings. The SMILES string of the molecule is CC(C)CC(C)(O)CNCc1ccco1. The average molecular weight is 211 g/mol. The highest BCUT2D eigenvalue weighted by atomic mass is 16.3. The number of nitrogens with one attached hydrogen (secondary N) is 1. The Kier molecular flexibility index (Phi) is 4.36. The summed E-state index contributed by atoms with van der Waals surface area (Å²) in [5.41, 5.74) is -0.638. The van der Waals surface area contributed by atoms with Crippen LogP contribution in [0.2, 0.25) is 0 Å². The van der Waals surface area contributed by atoms with Gasteiger partial charge in [0.2, 0.25) is 0 Å². The maximum Gasteiger partial charge on any atom is 0.117 e. The largest absolute Gasteiger partial charge is 0.468 e. The zero-order chi connectivity index (χ0) is 11.3. The lowest BCUT2D eigenvalue weighted by molar-refractivity contribution is 0.0379. The first-order chi connectivity index (χ1) is 6.99. The van der Waals surface area contributed by atoms with Crippen LogP contribution in [0.3, 0.4) is 0 Å². The smallest absolute Gasteiger partial charge is 0.117 e. The molecule has 0 amide bonds. The molecule has 0 aliphatic rings. The van der Waals surface area contributed by atoms with Crippen molar-refractivity contribution in [3.63, 3.8) is 0 Å². The molecule has 0 fully saturated rings. The number of furan rings is 1. The van der Waals surface area contributed by atoms with E-state index in [1.165, 1.54) is 0 Å². The highest BCUT2D eigenvalue weighted by molar-refractivity contribution is 4.97. The molecule has 0 spiro atoms. The normalized spacial score (nSPS) is 15.5. The van der Waals surface area contributed by atoms with Crippen LogP contribution >= 0.6 is 0 Å². The molecule has 0 aliphatic heterocycles. The predicted octanol–water partition coefficient (Wildman–Crippen LogP) is 2.17. The summed E-state index contributed by atoms with van der Waals surface area (Å²) in [5.74, 6) is 1.40. The first-order valence-electron chi connectivity index (χ1n) is 5.45. The van der Waals surface area contributed by atoms with Gasteiger partial charge in [-0.1, -0.05) is 13.8 Å². The standard InChI is InChI=1S/C12H21NO2/c1-10(2)7-12(3,14)9-13-8-11-5-4-6-15-11/h4-6,10,13-14H,7-9H2,1-3H3. The molecule has 1 atom stereocenters. The molecular formula is C12H21NO2. The first-order valence-corrected chi connectivity index (χ1v) is 5.45. The Hall–Kier alpha value is -0.800. The van der Waals surface area contributed by atoms with E-state index < -0.39 is 5.60 Å². The third-order valence-electron chi connectivity index (χ3n) is 2.23. The highest BCUT2D eigenvalue weighted by Crippen LogP contribution is 2.15. The van der Waals surface area contributed by atoms with Crippen molar-refractivity contribution in [1.29, 1.82) is 0 Å². The monoisotopic (exact) mass is 211 g/mol. The van der Waals surface area contributed by atoms with Gasteiger partial charge in [-0.2, -0.15) is 0 Å². The van der Waals surface area contributed by atoms with E-state index in [4.69, 9.17) is 4.42 Å². The molecule has 1 unspecified atom stereocenters. The van der Waals surface area contributed by atoms with Gasteiger partial charge in [0.15, 0.2) is 0 Å². The molecule has 15 heavy (non-hydrogen) atoms. The lowest BCUT2D eigenvalue weighted by Crippen LogP contribution is -2.38. The summed E-state index contributed by atoms with van der Waals surface area (Å²) >= 11 is 0. The molecule has 0 saturated heterocycles.